The van der Waals surface area contributed by atoms with E-state index < -0.39 is 26.5 Å². The number of rotatable bonds is 5. The molecule has 0 aromatic heterocycles. The van der Waals surface area contributed by atoms with E-state index >= 15 is 0 Å². The van der Waals surface area contributed by atoms with Gasteiger partial charge < -0.3 is 0 Å². The minimum absolute atomic E-state index is 0.108. The Balaban J connectivity index is 2.19. The van der Waals surface area contributed by atoms with Crippen molar-refractivity contribution in [1.29, 1.82) is 0 Å². The first-order valence-electron chi connectivity index (χ1n) is 5.96. The predicted octanol–water partition coefficient (Wildman–Crippen LogP) is 3.33. The van der Waals surface area contributed by atoms with Crippen LogP contribution >= 0.6 is 11.6 Å². The van der Waals surface area contributed by atoms with Crippen LogP contribution in [0.5, 0.6) is 0 Å². The van der Waals surface area contributed by atoms with Crippen molar-refractivity contribution in [3.63, 3.8) is 0 Å². The molecule has 2 aromatic carbocycles. The van der Waals surface area contributed by atoms with Crippen molar-refractivity contribution >= 4 is 33.0 Å². The molecule has 0 heterocycles. The van der Waals surface area contributed by atoms with Crippen molar-refractivity contribution in [3.8, 4) is 0 Å². The summed E-state index contributed by atoms with van der Waals surface area (Å²) in [5, 5.41) is 10.5. The van der Waals surface area contributed by atoms with E-state index in [-0.39, 0.29) is 22.0 Å². The van der Waals surface area contributed by atoms with Gasteiger partial charge in [0.25, 0.3) is 5.69 Å². The number of halogens is 2. The molecule has 0 radical (unpaired) electrons. The second-order valence-electron chi connectivity index (χ2n) is 4.42. The van der Waals surface area contributed by atoms with Gasteiger partial charge >= 0.3 is 0 Å². The van der Waals surface area contributed by atoms with Gasteiger partial charge in [-0.25, -0.2) is 12.8 Å². The van der Waals surface area contributed by atoms with Crippen LogP contribution in [0.3, 0.4) is 0 Å². The maximum absolute atomic E-state index is 13.0. The highest BCUT2D eigenvalue weighted by atomic mass is 35.5. The van der Waals surface area contributed by atoms with Gasteiger partial charge in [0, 0.05) is 12.1 Å². The van der Waals surface area contributed by atoms with Gasteiger partial charge in [-0.05, 0) is 23.8 Å². The largest absolute Gasteiger partial charge is 0.283 e. The van der Waals surface area contributed by atoms with Gasteiger partial charge in [-0.1, -0.05) is 23.7 Å². The van der Waals surface area contributed by atoms with E-state index in [9.17, 15) is 22.9 Å². The Bertz CT molecular complexity index is 827. The number of hydrogen-bond donors (Lipinski definition) is 1. The Hall–Kier alpha value is -2.19. The zero-order chi connectivity index (χ0) is 16.3. The molecular weight excluding hydrogens is 335 g/mol. The maximum atomic E-state index is 13.0. The highest BCUT2D eigenvalue weighted by Gasteiger charge is 2.15. The van der Waals surface area contributed by atoms with Crippen molar-refractivity contribution in [2.24, 2.45) is 0 Å². The van der Waals surface area contributed by atoms with Crippen LogP contribution < -0.4 is 4.72 Å². The lowest BCUT2D eigenvalue weighted by atomic mass is 10.2. The van der Waals surface area contributed by atoms with Crippen LogP contribution in [0.4, 0.5) is 15.8 Å². The van der Waals surface area contributed by atoms with Crippen LogP contribution in [0.2, 0.25) is 5.02 Å². The van der Waals surface area contributed by atoms with E-state index in [0.717, 1.165) is 12.1 Å². The average Bonchev–Trinajstić information content (AvgIpc) is 2.42. The summed E-state index contributed by atoms with van der Waals surface area (Å²) in [7, 11) is -3.81. The number of sulfonamides is 1. The molecule has 0 aliphatic rings. The molecular formula is C13H10ClFN2O4S. The summed E-state index contributed by atoms with van der Waals surface area (Å²) in [6, 6.07) is 8.71. The number of nitro groups is 1. The van der Waals surface area contributed by atoms with Crippen LogP contribution in [0.15, 0.2) is 42.5 Å². The molecule has 1 N–H and O–H groups in total. The van der Waals surface area contributed by atoms with E-state index in [0.29, 0.717) is 0 Å². The quantitative estimate of drug-likeness (QED) is 0.665. The van der Waals surface area contributed by atoms with Gasteiger partial charge in [0.1, 0.15) is 5.82 Å². The fraction of sp³-hybridized carbons (Fsp3) is 0.0769. The molecule has 0 saturated carbocycles. The molecule has 9 heteroatoms. The van der Waals surface area contributed by atoms with E-state index in [1.807, 2.05) is 0 Å². The van der Waals surface area contributed by atoms with E-state index in [1.165, 1.54) is 30.3 Å². The Morgan fingerprint density at radius 3 is 2.59 bits per heavy atom. The summed E-state index contributed by atoms with van der Waals surface area (Å²) < 4.78 is 39.3. The van der Waals surface area contributed by atoms with Crippen LogP contribution in [0.25, 0.3) is 0 Å². The summed E-state index contributed by atoms with van der Waals surface area (Å²) in [5.41, 5.74) is 0.171. The number of hydrogen-bond acceptors (Lipinski definition) is 4. The minimum Gasteiger partial charge on any atom is -0.283 e. The van der Waals surface area contributed by atoms with E-state index in [1.54, 1.807) is 0 Å². The molecule has 0 spiro atoms. The van der Waals surface area contributed by atoms with Crippen LogP contribution in [0, 0.1) is 15.9 Å². The van der Waals surface area contributed by atoms with Crippen molar-refractivity contribution in [3.05, 3.63) is 69.0 Å². The van der Waals surface area contributed by atoms with Crippen molar-refractivity contribution in [2.45, 2.75) is 5.75 Å². The van der Waals surface area contributed by atoms with Gasteiger partial charge in [0.15, 0.2) is 0 Å². The third-order valence-corrected chi connectivity index (χ3v) is 4.22. The van der Waals surface area contributed by atoms with Gasteiger partial charge in [-0.2, -0.15) is 0 Å². The Morgan fingerprint density at radius 2 is 1.95 bits per heavy atom. The molecule has 0 unspecified atom stereocenters. The Labute approximate surface area is 130 Å². The summed E-state index contributed by atoms with van der Waals surface area (Å²) in [5.74, 6) is -1.12. The number of non-ortho nitro benzene ring substituents is 1. The molecule has 0 aliphatic carbocycles. The minimum atomic E-state index is -3.81. The molecule has 2 aromatic rings. The average molecular weight is 345 g/mol. The first-order valence-corrected chi connectivity index (χ1v) is 7.99. The third-order valence-electron chi connectivity index (χ3n) is 2.67. The lowest BCUT2D eigenvalue weighted by molar-refractivity contribution is -0.384. The lowest BCUT2D eigenvalue weighted by Crippen LogP contribution is -2.15. The van der Waals surface area contributed by atoms with Gasteiger partial charge in [0.05, 0.1) is 21.4 Å². The fourth-order valence-electron chi connectivity index (χ4n) is 1.75. The summed E-state index contributed by atoms with van der Waals surface area (Å²) in [6.07, 6.45) is 0. The van der Waals surface area contributed by atoms with Gasteiger partial charge in [0.2, 0.25) is 10.0 Å². The van der Waals surface area contributed by atoms with Crippen LogP contribution in [-0.2, 0) is 15.8 Å². The number of benzene rings is 2. The molecule has 0 aliphatic heterocycles. The molecule has 6 nitrogen and oxygen atoms in total. The lowest BCUT2D eigenvalue weighted by Gasteiger charge is -2.08. The summed E-state index contributed by atoms with van der Waals surface area (Å²) >= 11 is 5.57. The van der Waals surface area contributed by atoms with E-state index in [4.69, 9.17) is 11.6 Å². The molecule has 0 fully saturated rings. The first kappa shape index (κ1) is 16.2. The standard InChI is InChI=1S/C13H10ClFN2O4S/c14-12-7-10(4-5-13(12)15)16-22(20,21)8-9-2-1-3-11(6-9)17(18)19/h1-7,16H,8H2. The Morgan fingerprint density at radius 1 is 1.23 bits per heavy atom. The van der Waals surface area contributed by atoms with Gasteiger partial charge in [-0.15, -0.1) is 0 Å². The highest BCUT2D eigenvalue weighted by Crippen LogP contribution is 2.21. The first-order chi connectivity index (χ1) is 10.3. The highest BCUT2D eigenvalue weighted by molar-refractivity contribution is 7.91. The molecule has 0 saturated heterocycles. The van der Waals surface area contributed by atoms with Crippen molar-refractivity contribution in [1.82, 2.24) is 0 Å². The predicted molar refractivity (Wildman–Crippen MR) is 80.8 cm³/mol. The summed E-state index contributed by atoms with van der Waals surface area (Å²) in [6.45, 7) is 0. The molecule has 0 amide bonds. The van der Waals surface area contributed by atoms with Crippen molar-refractivity contribution in [2.75, 3.05) is 4.72 Å². The van der Waals surface area contributed by atoms with Crippen LogP contribution in [0.1, 0.15) is 5.56 Å². The summed E-state index contributed by atoms with van der Waals surface area (Å²) in [4.78, 5) is 10.1. The smallest absolute Gasteiger partial charge is 0.269 e. The fourth-order valence-corrected chi connectivity index (χ4v) is 3.11. The second-order valence-corrected chi connectivity index (χ2v) is 6.55. The van der Waals surface area contributed by atoms with E-state index in [2.05, 4.69) is 4.72 Å². The number of nitrogens with one attached hydrogen (secondary N) is 1. The second kappa shape index (κ2) is 6.29. The van der Waals surface area contributed by atoms with Crippen LogP contribution in [-0.4, -0.2) is 13.3 Å². The third kappa shape index (κ3) is 4.15. The monoisotopic (exact) mass is 344 g/mol. The number of anilines is 1. The molecule has 0 bridgehead atoms. The normalized spacial score (nSPS) is 11.2. The maximum Gasteiger partial charge on any atom is 0.269 e. The zero-order valence-corrected chi connectivity index (χ0v) is 12.6. The topological polar surface area (TPSA) is 89.3 Å². The van der Waals surface area contributed by atoms with Crippen molar-refractivity contribution < 1.29 is 17.7 Å². The zero-order valence-electron chi connectivity index (χ0n) is 11.0. The number of nitro benzene ring substituents is 1. The van der Waals surface area contributed by atoms with Gasteiger partial charge in [-0.3, -0.25) is 14.8 Å². The molecule has 116 valence electrons. The molecule has 22 heavy (non-hydrogen) atoms. The molecule has 0 atom stereocenters. The number of nitrogens with zero attached hydrogens (tertiary/aromatic N) is 1. The SMILES string of the molecule is O=[N+]([O-])c1cccc(CS(=O)(=O)Nc2ccc(F)c(Cl)c2)c1. The molecule has 2 rings (SSSR count). The Kier molecular flexibility index (Phi) is 4.62.